The Morgan fingerprint density at radius 2 is 2.03 bits per heavy atom. The number of hydrogen-bond acceptors (Lipinski definition) is 6. The Labute approximate surface area is 184 Å². The molecule has 2 aromatic carbocycles. The average Bonchev–Trinajstić information content (AvgIpc) is 3.17. The van der Waals surface area contributed by atoms with Gasteiger partial charge in [0.1, 0.15) is 11.0 Å². The number of aryl methyl sites for hydroxylation is 2. The maximum atomic E-state index is 13.3. The van der Waals surface area contributed by atoms with E-state index in [2.05, 4.69) is 20.9 Å². The summed E-state index contributed by atoms with van der Waals surface area (Å²) in [4.78, 5) is 13.3. The minimum atomic E-state index is -0.460. The summed E-state index contributed by atoms with van der Waals surface area (Å²) in [5.41, 5.74) is 6.04. The average molecular weight is 444 g/mol. The van der Waals surface area contributed by atoms with Crippen molar-refractivity contribution in [2.24, 2.45) is 0 Å². The number of hydrogen-bond donors (Lipinski definition) is 2. The molecule has 9 heteroatoms. The fourth-order valence-electron chi connectivity index (χ4n) is 3.32. The van der Waals surface area contributed by atoms with Crippen molar-refractivity contribution >= 4 is 35.0 Å². The van der Waals surface area contributed by atoms with Gasteiger partial charge in [-0.15, -0.1) is 10.2 Å². The molecule has 0 aliphatic carbocycles. The SMILES string of the molecule is CCc1nnc2n1N[C@H](c1ccc(OC)cc1)[C@H](C(=O)Nc1cc(Cl)ccc1C)S2. The molecule has 0 saturated carbocycles. The highest BCUT2D eigenvalue weighted by Crippen LogP contribution is 2.38. The molecule has 3 aromatic rings. The van der Waals surface area contributed by atoms with E-state index in [1.807, 2.05) is 48.9 Å². The zero-order valence-electron chi connectivity index (χ0n) is 16.8. The highest BCUT2D eigenvalue weighted by atomic mass is 35.5. The lowest BCUT2D eigenvalue weighted by Gasteiger charge is -2.33. The minimum Gasteiger partial charge on any atom is -0.497 e. The molecule has 0 fully saturated rings. The van der Waals surface area contributed by atoms with Crippen LogP contribution in [0.2, 0.25) is 5.02 Å². The van der Waals surface area contributed by atoms with E-state index in [4.69, 9.17) is 16.3 Å². The van der Waals surface area contributed by atoms with Crippen LogP contribution in [0.5, 0.6) is 5.75 Å². The Bertz CT molecular complexity index is 1070. The lowest BCUT2D eigenvalue weighted by Crippen LogP contribution is -2.41. The Kier molecular flexibility index (Phi) is 5.87. The number of fused-ring (bicyclic) bond motifs is 1. The van der Waals surface area contributed by atoms with Gasteiger partial charge in [-0.3, -0.25) is 4.79 Å². The Hall–Kier alpha value is -2.71. The van der Waals surface area contributed by atoms with Gasteiger partial charge in [-0.25, -0.2) is 4.68 Å². The Balaban J connectivity index is 1.68. The van der Waals surface area contributed by atoms with Crippen LogP contribution in [0.3, 0.4) is 0 Å². The monoisotopic (exact) mass is 443 g/mol. The summed E-state index contributed by atoms with van der Waals surface area (Å²) in [5, 5.41) is 12.3. The van der Waals surface area contributed by atoms with Gasteiger partial charge in [0, 0.05) is 17.1 Å². The first-order chi connectivity index (χ1) is 14.5. The number of methoxy groups -OCH3 is 1. The summed E-state index contributed by atoms with van der Waals surface area (Å²) < 4.78 is 7.14. The van der Waals surface area contributed by atoms with E-state index in [1.165, 1.54) is 11.8 Å². The van der Waals surface area contributed by atoms with Gasteiger partial charge in [0.05, 0.1) is 13.2 Å². The molecule has 4 rings (SSSR count). The predicted molar refractivity (Wildman–Crippen MR) is 119 cm³/mol. The molecule has 1 amide bonds. The minimum absolute atomic E-state index is 0.133. The second-order valence-electron chi connectivity index (χ2n) is 6.95. The second-order valence-corrected chi connectivity index (χ2v) is 8.50. The lowest BCUT2D eigenvalue weighted by molar-refractivity contribution is -0.116. The Morgan fingerprint density at radius 3 is 2.73 bits per heavy atom. The molecular formula is C21H22ClN5O2S. The summed E-state index contributed by atoms with van der Waals surface area (Å²) in [6, 6.07) is 12.9. The molecule has 0 radical (unpaired) electrons. The van der Waals surface area contributed by atoms with Crippen LogP contribution in [0, 0.1) is 6.92 Å². The smallest absolute Gasteiger partial charge is 0.240 e. The normalized spacial score (nSPS) is 17.7. The number of rotatable bonds is 5. The number of nitrogens with zero attached hydrogens (tertiary/aromatic N) is 3. The molecule has 0 spiro atoms. The second kappa shape index (κ2) is 8.57. The first-order valence-corrected chi connectivity index (χ1v) is 10.8. The largest absolute Gasteiger partial charge is 0.497 e. The van der Waals surface area contributed by atoms with Crippen molar-refractivity contribution in [3.05, 3.63) is 64.4 Å². The molecule has 0 bridgehead atoms. The number of ether oxygens (including phenoxy) is 1. The quantitative estimate of drug-likeness (QED) is 0.614. The highest BCUT2D eigenvalue weighted by Gasteiger charge is 2.37. The molecule has 7 nitrogen and oxygen atoms in total. The van der Waals surface area contributed by atoms with Gasteiger partial charge in [0.2, 0.25) is 11.1 Å². The van der Waals surface area contributed by atoms with Crippen LogP contribution < -0.4 is 15.5 Å². The van der Waals surface area contributed by atoms with Gasteiger partial charge in [-0.05, 0) is 42.3 Å². The third-order valence-electron chi connectivity index (χ3n) is 5.01. The van der Waals surface area contributed by atoms with E-state index in [0.29, 0.717) is 15.9 Å². The number of amides is 1. The molecule has 0 unspecified atom stereocenters. The van der Waals surface area contributed by atoms with Crippen LogP contribution in [0.1, 0.15) is 29.9 Å². The molecule has 0 saturated heterocycles. The summed E-state index contributed by atoms with van der Waals surface area (Å²) >= 11 is 7.52. The van der Waals surface area contributed by atoms with E-state index >= 15 is 0 Å². The van der Waals surface area contributed by atoms with Gasteiger partial charge >= 0.3 is 0 Å². The molecule has 1 aliphatic rings. The lowest BCUT2D eigenvalue weighted by atomic mass is 10.0. The van der Waals surface area contributed by atoms with Crippen molar-refractivity contribution in [3.63, 3.8) is 0 Å². The zero-order valence-corrected chi connectivity index (χ0v) is 18.4. The zero-order chi connectivity index (χ0) is 21.3. The van der Waals surface area contributed by atoms with Crippen molar-refractivity contribution in [2.75, 3.05) is 17.9 Å². The number of aromatic nitrogens is 3. The molecule has 2 heterocycles. The van der Waals surface area contributed by atoms with Crippen molar-refractivity contribution in [1.82, 2.24) is 14.9 Å². The number of carbonyl (C=O) groups is 1. The van der Waals surface area contributed by atoms with Crippen molar-refractivity contribution in [3.8, 4) is 5.75 Å². The number of thioether (sulfide) groups is 1. The van der Waals surface area contributed by atoms with E-state index < -0.39 is 5.25 Å². The molecule has 1 aliphatic heterocycles. The first kappa shape index (κ1) is 20.6. The number of halogens is 1. The van der Waals surface area contributed by atoms with Gasteiger partial charge < -0.3 is 15.5 Å². The standard InChI is InChI=1S/C21H22ClN5O2S/c1-4-17-24-25-21-27(17)26-18(13-6-9-15(29-3)10-7-13)19(30-21)20(28)23-16-11-14(22)8-5-12(16)2/h5-11,18-19,26H,4H2,1-3H3,(H,23,28)/t18-,19-/m1/s1. The Morgan fingerprint density at radius 1 is 1.27 bits per heavy atom. The highest BCUT2D eigenvalue weighted by molar-refractivity contribution is 8.00. The van der Waals surface area contributed by atoms with Gasteiger partial charge in [-0.1, -0.05) is 48.5 Å². The maximum Gasteiger partial charge on any atom is 0.240 e. The van der Waals surface area contributed by atoms with Crippen LogP contribution in [0.25, 0.3) is 0 Å². The van der Waals surface area contributed by atoms with Crippen LogP contribution in [-0.2, 0) is 11.2 Å². The maximum absolute atomic E-state index is 13.3. The van der Waals surface area contributed by atoms with E-state index in [0.717, 1.165) is 29.1 Å². The van der Waals surface area contributed by atoms with Crippen LogP contribution in [0.4, 0.5) is 5.69 Å². The van der Waals surface area contributed by atoms with Crippen molar-refractivity contribution < 1.29 is 9.53 Å². The predicted octanol–water partition coefficient (Wildman–Crippen LogP) is 4.21. The summed E-state index contributed by atoms with van der Waals surface area (Å²) in [5.74, 6) is 1.45. The third-order valence-corrected chi connectivity index (χ3v) is 6.46. The van der Waals surface area contributed by atoms with Gasteiger partial charge in [0.25, 0.3) is 0 Å². The summed E-state index contributed by atoms with van der Waals surface area (Å²) in [7, 11) is 1.63. The number of benzene rings is 2. The van der Waals surface area contributed by atoms with Crippen LogP contribution in [0.15, 0.2) is 47.6 Å². The van der Waals surface area contributed by atoms with Gasteiger partial charge in [-0.2, -0.15) is 0 Å². The number of anilines is 1. The molecule has 1 aromatic heterocycles. The van der Waals surface area contributed by atoms with Crippen molar-refractivity contribution in [2.45, 2.75) is 36.7 Å². The van der Waals surface area contributed by atoms with Crippen molar-refractivity contribution in [1.29, 1.82) is 0 Å². The molecule has 2 atom stereocenters. The molecule has 30 heavy (non-hydrogen) atoms. The van der Waals surface area contributed by atoms with Crippen LogP contribution >= 0.6 is 23.4 Å². The summed E-state index contributed by atoms with van der Waals surface area (Å²) in [6.07, 6.45) is 0.731. The fourth-order valence-corrected chi connectivity index (χ4v) is 4.59. The van der Waals surface area contributed by atoms with E-state index in [1.54, 1.807) is 19.2 Å². The van der Waals surface area contributed by atoms with Gasteiger partial charge in [0.15, 0.2) is 5.82 Å². The fraction of sp³-hybridized carbons (Fsp3) is 0.286. The molecule has 156 valence electrons. The topological polar surface area (TPSA) is 81.1 Å². The third kappa shape index (κ3) is 3.97. The van der Waals surface area contributed by atoms with Crippen LogP contribution in [-0.4, -0.2) is 33.1 Å². The number of carbonyl (C=O) groups excluding carboxylic acids is 1. The first-order valence-electron chi connectivity index (χ1n) is 9.58. The summed E-state index contributed by atoms with van der Waals surface area (Å²) in [6.45, 7) is 3.95. The van der Waals surface area contributed by atoms with E-state index in [9.17, 15) is 4.79 Å². The molecular weight excluding hydrogens is 422 g/mol. The molecule has 2 N–H and O–H groups in total. The number of nitrogens with one attached hydrogen (secondary N) is 2. The van der Waals surface area contributed by atoms with E-state index in [-0.39, 0.29) is 11.9 Å².